The van der Waals surface area contributed by atoms with Gasteiger partial charge < -0.3 is 14.8 Å². The number of rotatable bonds is 3. The molecule has 0 aliphatic carbocycles. The van der Waals surface area contributed by atoms with Gasteiger partial charge in [-0.15, -0.1) is 0 Å². The minimum atomic E-state index is -0.229. The minimum absolute atomic E-state index is 0.155. The van der Waals surface area contributed by atoms with E-state index in [1.54, 1.807) is 6.07 Å². The molecular formula is C11H14FNO2. The first-order valence-electron chi connectivity index (χ1n) is 5.03. The lowest BCUT2D eigenvalue weighted by molar-refractivity contribution is -0.133. The van der Waals surface area contributed by atoms with E-state index in [4.69, 9.17) is 9.47 Å². The number of benzene rings is 1. The average molecular weight is 211 g/mol. The van der Waals surface area contributed by atoms with E-state index in [0.717, 1.165) is 18.7 Å². The van der Waals surface area contributed by atoms with E-state index in [0.29, 0.717) is 13.3 Å². The van der Waals surface area contributed by atoms with Crippen LogP contribution in [0.1, 0.15) is 6.42 Å². The molecule has 1 saturated heterocycles. The third-order valence-electron chi connectivity index (χ3n) is 2.33. The molecule has 0 spiro atoms. The van der Waals surface area contributed by atoms with E-state index in [1.165, 1.54) is 12.1 Å². The molecule has 0 amide bonds. The largest absolute Gasteiger partial charge is 0.382 e. The Morgan fingerprint density at radius 3 is 3.13 bits per heavy atom. The zero-order valence-corrected chi connectivity index (χ0v) is 8.41. The van der Waals surface area contributed by atoms with Crippen molar-refractivity contribution in [2.45, 2.75) is 12.5 Å². The summed E-state index contributed by atoms with van der Waals surface area (Å²) in [5, 5.41) is 3.13. The maximum atomic E-state index is 12.8. The van der Waals surface area contributed by atoms with Gasteiger partial charge in [-0.05, 0) is 24.6 Å². The molecule has 1 aromatic rings. The van der Waals surface area contributed by atoms with Crippen molar-refractivity contribution in [3.8, 4) is 0 Å². The Labute approximate surface area is 88.2 Å². The van der Waals surface area contributed by atoms with E-state index in [1.807, 2.05) is 6.07 Å². The molecule has 82 valence electrons. The van der Waals surface area contributed by atoms with Crippen LogP contribution in [0.5, 0.6) is 0 Å². The molecule has 1 aliphatic rings. The smallest absolute Gasteiger partial charge is 0.147 e. The molecule has 1 N–H and O–H groups in total. The molecule has 4 heteroatoms. The fraction of sp³-hybridized carbons (Fsp3) is 0.455. The van der Waals surface area contributed by atoms with Crippen LogP contribution in [-0.4, -0.2) is 26.0 Å². The van der Waals surface area contributed by atoms with Crippen LogP contribution in [-0.2, 0) is 9.47 Å². The first-order chi connectivity index (χ1) is 7.34. The van der Waals surface area contributed by atoms with E-state index in [2.05, 4.69) is 5.32 Å². The summed E-state index contributed by atoms with van der Waals surface area (Å²) in [7, 11) is 0. The van der Waals surface area contributed by atoms with E-state index < -0.39 is 0 Å². The summed E-state index contributed by atoms with van der Waals surface area (Å²) < 4.78 is 23.3. The molecule has 1 aliphatic heterocycles. The second kappa shape index (κ2) is 5.09. The van der Waals surface area contributed by atoms with Crippen molar-refractivity contribution in [3.05, 3.63) is 30.1 Å². The Morgan fingerprint density at radius 2 is 2.40 bits per heavy atom. The number of hydrogen-bond donors (Lipinski definition) is 1. The van der Waals surface area contributed by atoms with Crippen LogP contribution in [0.4, 0.5) is 10.1 Å². The molecule has 15 heavy (non-hydrogen) atoms. The Kier molecular flexibility index (Phi) is 3.53. The summed E-state index contributed by atoms with van der Waals surface area (Å²) >= 11 is 0. The van der Waals surface area contributed by atoms with Gasteiger partial charge in [-0.1, -0.05) is 6.07 Å². The molecule has 0 radical (unpaired) electrons. The number of ether oxygens (including phenoxy) is 2. The summed E-state index contributed by atoms with van der Waals surface area (Å²) in [5.74, 6) is -0.229. The van der Waals surface area contributed by atoms with Gasteiger partial charge in [0, 0.05) is 12.2 Å². The van der Waals surface area contributed by atoms with E-state index in [-0.39, 0.29) is 11.9 Å². The second-order valence-corrected chi connectivity index (χ2v) is 3.49. The lowest BCUT2D eigenvalue weighted by Gasteiger charge is -2.23. The quantitative estimate of drug-likeness (QED) is 0.829. The van der Waals surface area contributed by atoms with Crippen molar-refractivity contribution in [2.75, 3.05) is 25.3 Å². The standard InChI is InChI=1S/C11H14FNO2/c12-9-2-1-3-10(6-9)13-7-11-4-5-14-8-15-11/h1-3,6,11,13H,4-5,7-8H2. The normalized spacial score (nSPS) is 21.3. The fourth-order valence-corrected chi connectivity index (χ4v) is 1.49. The summed E-state index contributed by atoms with van der Waals surface area (Å²) in [4.78, 5) is 0. The summed E-state index contributed by atoms with van der Waals surface area (Å²) in [6.07, 6.45) is 1.03. The molecule has 2 rings (SSSR count). The highest BCUT2D eigenvalue weighted by molar-refractivity contribution is 5.43. The van der Waals surface area contributed by atoms with Gasteiger partial charge in [-0.3, -0.25) is 0 Å². The van der Waals surface area contributed by atoms with Crippen molar-refractivity contribution < 1.29 is 13.9 Å². The number of nitrogens with one attached hydrogen (secondary N) is 1. The van der Waals surface area contributed by atoms with Crippen LogP contribution in [0.2, 0.25) is 0 Å². The topological polar surface area (TPSA) is 30.5 Å². The zero-order valence-electron chi connectivity index (χ0n) is 8.41. The maximum Gasteiger partial charge on any atom is 0.147 e. The molecule has 1 atom stereocenters. The molecule has 0 saturated carbocycles. The summed E-state index contributed by atoms with van der Waals surface area (Å²) in [6, 6.07) is 6.42. The molecule has 0 aromatic heterocycles. The minimum Gasteiger partial charge on any atom is -0.382 e. The van der Waals surface area contributed by atoms with Crippen LogP contribution >= 0.6 is 0 Å². The number of hydrogen-bond acceptors (Lipinski definition) is 3. The first-order valence-corrected chi connectivity index (χ1v) is 5.03. The van der Waals surface area contributed by atoms with Crippen LogP contribution in [0.25, 0.3) is 0 Å². The average Bonchev–Trinajstić information content (AvgIpc) is 2.28. The highest BCUT2D eigenvalue weighted by Crippen LogP contribution is 2.11. The zero-order chi connectivity index (χ0) is 10.5. The Morgan fingerprint density at radius 1 is 1.47 bits per heavy atom. The van der Waals surface area contributed by atoms with Gasteiger partial charge in [-0.25, -0.2) is 4.39 Å². The molecular weight excluding hydrogens is 197 g/mol. The van der Waals surface area contributed by atoms with Crippen LogP contribution in [0.15, 0.2) is 24.3 Å². The van der Waals surface area contributed by atoms with Gasteiger partial charge in [0.05, 0.1) is 12.7 Å². The van der Waals surface area contributed by atoms with Gasteiger partial charge in [0.1, 0.15) is 12.6 Å². The van der Waals surface area contributed by atoms with Gasteiger partial charge in [0.2, 0.25) is 0 Å². The Bertz CT molecular complexity index is 313. The molecule has 1 unspecified atom stereocenters. The molecule has 1 aromatic carbocycles. The molecule has 1 heterocycles. The van der Waals surface area contributed by atoms with Gasteiger partial charge in [0.15, 0.2) is 0 Å². The molecule has 1 fully saturated rings. The van der Waals surface area contributed by atoms with Crippen molar-refractivity contribution in [1.29, 1.82) is 0 Å². The van der Waals surface area contributed by atoms with E-state index in [9.17, 15) is 4.39 Å². The fourth-order valence-electron chi connectivity index (χ4n) is 1.49. The highest BCUT2D eigenvalue weighted by atomic mass is 19.1. The Hall–Kier alpha value is -1.13. The maximum absolute atomic E-state index is 12.8. The second-order valence-electron chi connectivity index (χ2n) is 3.49. The van der Waals surface area contributed by atoms with Crippen LogP contribution in [0.3, 0.4) is 0 Å². The predicted molar refractivity (Wildman–Crippen MR) is 55.2 cm³/mol. The van der Waals surface area contributed by atoms with Crippen molar-refractivity contribution in [2.24, 2.45) is 0 Å². The van der Waals surface area contributed by atoms with Crippen molar-refractivity contribution >= 4 is 5.69 Å². The lowest BCUT2D eigenvalue weighted by atomic mass is 10.2. The monoisotopic (exact) mass is 211 g/mol. The van der Waals surface area contributed by atoms with Crippen molar-refractivity contribution in [1.82, 2.24) is 0 Å². The van der Waals surface area contributed by atoms with Gasteiger partial charge in [0.25, 0.3) is 0 Å². The summed E-state index contributed by atoms with van der Waals surface area (Å²) in [5.41, 5.74) is 0.782. The third-order valence-corrected chi connectivity index (χ3v) is 2.33. The third kappa shape index (κ3) is 3.18. The predicted octanol–water partition coefficient (Wildman–Crippen LogP) is 2.00. The lowest BCUT2D eigenvalue weighted by Crippen LogP contribution is -2.30. The Balaban J connectivity index is 1.81. The van der Waals surface area contributed by atoms with Crippen molar-refractivity contribution in [3.63, 3.8) is 0 Å². The highest BCUT2D eigenvalue weighted by Gasteiger charge is 2.13. The van der Waals surface area contributed by atoms with Gasteiger partial charge in [-0.2, -0.15) is 0 Å². The van der Waals surface area contributed by atoms with Crippen LogP contribution < -0.4 is 5.32 Å². The summed E-state index contributed by atoms with van der Waals surface area (Å²) in [6.45, 7) is 1.78. The first kappa shape index (κ1) is 10.4. The molecule has 3 nitrogen and oxygen atoms in total. The number of halogens is 1. The number of anilines is 1. The van der Waals surface area contributed by atoms with Gasteiger partial charge >= 0.3 is 0 Å². The van der Waals surface area contributed by atoms with E-state index >= 15 is 0 Å². The molecule has 0 bridgehead atoms. The SMILES string of the molecule is Fc1cccc(NCC2CCOCO2)c1. The van der Waals surface area contributed by atoms with Crippen LogP contribution in [0, 0.1) is 5.82 Å².